The Hall–Kier alpha value is -1.20. The van der Waals surface area contributed by atoms with E-state index >= 15 is 0 Å². The first kappa shape index (κ1) is 13.8. The number of nitrogens with one attached hydrogen (secondary N) is 1. The molecule has 2 aliphatic carbocycles. The number of carbonyl (C=O) groups excluding carboxylic acids is 1. The van der Waals surface area contributed by atoms with E-state index in [2.05, 4.69) is 4.72 Å². The van der Waals surface area contributed by atoms with Crippen LogP contribution in [-0.2, 0) is 10.0 Å². The summed E-state index contributed by atoms with van der Waals surface area (Å²) in [5.74, 6) is 0.985. The van der Waals surface area contributed by atoms with Gasteiger partial charge in [0.1, 0.15) is 0 Å². The van der Waals surface area contributed by atoms with E-state index in [9.17, 15) is 13.2 Å². The Morgan fingerprint density at radius 3 is 2.00 bits per heavy atom. The molecule has 0 radical (unpaired) electrons. The van der Waals surface area contributed by atoms with Gasteiger partial charge in [0.25, 0.3) is 0 Å². The minimum atomic E-state index is -3.47. The molecule has 0 amide bonds. The average molecular weight is 293 g/mol. The largest absolute Gasteiger partial charge is 0.295 e. The van der Waals surface area contributed by atoms with Crippen LogP contribution in [0.15, 0.2) is 29.2 Å². The van der Waals surface area contributed by atoms with Crippen LogP contribution in [0.4, 0.5) is 0 Å². The first-order valence-electron chi connectivity index (χ1n) is 7.11. The summed E-state index contributed by atoms with van der Waals surface area (Å²) in [7, 11) is -3.47. The normalized spacial score (nSPS) is 19.3. The van der Waals surface area contributed by atoms with Crippen LogP contribution >= 0.6 is 0 Å². The second-order valence-electron chi connectivity index (χ2n) is 5.90. The molecule has 2 saturated carbocycles. The number of ketones is 1. The van der Waals surface area contributed by atoms with Crippen LogP contribution in [0.5, 0.6) is 0 Å². The molecule has 0 heterocycles. The fourth-order valence-corrected chi connectivity index (χ4v) is 3.98. The molecular weight excluding hydrogens is 274 g/mol. The van der Waals surface area contributed by atoms with Crippen molar-refractivity contribution < 1.29 is 13.2 Å². The fourth-order valence-electron chi connectivity index (χ4n) is 2.60. The summed E-state index contributed by atoms with van der Waals surface area (Å²) in [5.41, 5.74) is 0.532. The fraction of sp³-hybridized carbons (Fsp3) is 0.533. The van der Waals surface area contributed by atoms with E-state index in [1.165, 1.54) is 19.1 Å². The molecule has 3 rings (SSSR count). The van der Waals surface area contributed by atoms with Crippen molar-refractivity contribution in [3.8, 4) is 0 Å². The van der Waals surface area contributed by atoms with Gasteiger partial charge in [-0.15, -0.1) is 0 Å². The van der Waals surface area contributed by atoms with E-state index in [0.717, 1.165) is 25.7 Å². The Morgan fingerprint density at radius 1 is 1.10 bits per heavy atom. The van der Waals surface area contributed by atoms with E-state index in [-0.39, 0.29) is 16.7 Å². The number of rotatable bonds is 6. The standard InChI is InChI=1S/C15H19NO3S/c1-10(17)11-6-8-14(9-7-11)20(18,19)16-15(12-2-3-12)13-4-5-13/h6-9,12-13,15-16H,2-5H2,1H3. The molecule has 0 atom stereocenters. The monoisotopic (exact) mass is 293 g/mol. The zero-order chi connectivity index (χ0) is 14.3. The number of Topliss-reactive ketones (excluding diaryl/α,β-unsaturated/α-hetero) is 1. The maximum absolute atomic E-state index is 12.4. The van der Waals surface area contributed by atoms with Gasteiger partial charge in [0.2, 0.25) is 10.0 Å². The van der Waals surface area contributed by atoms with Crippen LogP contribution in [-0.4, -0.2) is 20.2 Å². The molecule has 4 nitrogen and oxygen atoms in total. The summed E-state index contributed by atoms with van der Waals surface area (Å²) >= 11 is 0. The number of sulfonamides is 1. The van der Waals surface area contributed by atoms with Gasteiger partial charge >= 0.3 is 0 Å². The van der Waals surface area contributed by atoms with Crippen LogP contribution in [0.3, 0.4) is 0 Å². The lowest BCUT2D eigenvalue weighted by Crippen LogP contribution is -2.38. The SMILES string of the molecule is CC(=O)c1ccc(S(=O)(=O)NC(C2CC2)C2CC2)cc1. The quantitative estimate of drug-likeness (QED) is 0.819. The molecule has 2 fully saturated rings. The van der Waals surface area contributed by atoms with Gasteiger partial charge in [-0.05, 0) is 56.6 Å². The summed E-state index contributed by atoms with van der Waals surface area (Å²) < 4.78 is 27.7. The molecule has 1 aromatic carbocycles. The molecule has 0 aliphatic heterocycles. The summed E-state index contributed by atoms with van der Waals surface area (Å²) in [6.45, 7) is 1.47. The molecule has 0 bridgehead atoms. The van der Waals surface area contributed by atoms with E-state index < -0.39 is 10.0 Å². The molecular formula is C15H19NO3S. The van der Waals surface area contributed by atoms with Crippen molar-refractivity contribution in [3.63, 3.8) is 0 Å². The van der Waals surface area contributed by atoms with Gasteiger partial charge in [-0.3, -0.25) is 4.79 Å². The van der Waals surface area contributed by atoms with Crippen molar-refractivity contribution in [1.82, 2.24) is 4.72 Å². The van der Waals surface area contributed by atoms with Crippen molar-refractivity contribution in [1.29, 1.82) is 0 Å². The maximum atomic E-state index is 12.4. The van der Waals surface area contributed by atoms with Gasteiger partial charge in [-0.1, -0.05) is 12.1 Å². The minimum Gasteiger partial charge on any atom is -0.295 e. The van der Waals surface area contributed by atoms with Crippen molar-refractivity contribution in [2.45, 2.75) is 43.5 Å². The molecule has 1 N–H and O–H groups in total. The molecule has 108 valence electrons. The van der Waals surface area contributed by atoms with E-state index in [0.29, 0.717) is 17.4 Å². The van der Waals surface area contributed by atoms with Crippen molar-refractivity contribution in [2.24, 2.45) is 11.8 Å². The second-order valence-corrected chi connectivity index (χ2v) is 7.62. The van der Waals surface area contributed by atoms with Crippen LogP contribution < -0.4 is 4.72 Å². The lowest BCUT2D eigenvalue weighted by molar-refractivity contribution is 0.101. The summed E-state index contributed by atoms with van der Waals surface area (Å²) in [6, 6.07) is 6.26. The Balaban J connectivity index is 1.78. The molecule has 5 heteroatoms. The smallest absolute Gasteiger partial charge is 0.240 e. The van der Waals surface area contributed by atoms with Crippen LogP contribution in [0.25, 0.3) is 0 Å². The molecule has 0 unspecified atom stereocenters. The third-order valence-corrected chi connectivity index (χ3v) is 5.60. The van der Waals surface area contributed by atoms with E-state index in [4.69, 9.17) is 0 Å². The lowest BCUT2D eigenvalue weighted by Gasteiger charge is -2.17. The highest BCUT2D eigenvalue weighted by atomic mass is 32.2. The van der Waals surface area contributed by atoms with Crippen molar-refractivity contribution in [3.05, 3.63) is 29.8 Å². The van der Waals surface area contributed by atoms with Crippen molar-refractivity contribution >= 4 is 15.8 Å². The highest BCUT2D eigenvalue weighted by Crippen LogP contribution is 2.45. The Bertz CT molecular complexity index is 601. The van der Waals surface area contributed by atoms with Gasteiger partial charge in [0, 0.05) is 11.6 Å². The molecule has 2 aliphatic rings. The van der Waals surface area contributed by atoms with Gasteiger partial charge in [-0.25, -0.2) is 13.1 Å². The van der Waals surface area contributed by atoms with Crippen molar-refractivity contribution in [2.75, 3.05) is 0 Å². The average Bonchev–Trinajstić information content (AvgIpc) is 3.29. The summed E-state index contributed by atoms with van der Waals surface area (Å²) in [6.07, 6.45) is 4.53. The Labute approximate surface area is 119 Å². The molecule has 1 aromatic rings. The lowest BCUT2D eigenvalue weighted by atomic mass is 10.1. The van der Waals surface area contributed by atoms with Crippen LogP contribution in [0.2, 0.25) is 0 Å². The number of carbonyl (C=O) groups is 1. The zero-order valence-electron chi connectivity index (χ0n) is 11.5. The maximum Gasteiger partial charge on any atom is 0.240 e. The zero-order valence-corrected chi connectivity index (χ0v) is 12.3. The van der Waals surface area contributed by atoms with Gasteiger partial charge in [-0.2, -0.15) is 0 Å². The van der Waals surface area contributed by atoms with Crippen LogP contribution in [0.1, 0.15) is 43.0 Å². The molecule has 0 aromatic heterocycles. The van der Waals surface area contributed by atoms with Crippen LogP contribution in [0, 0.1) is 11.8 Å². The topological polar surface area (TPSA) is 63.2 Å². The number of benzene rings is 1. The number of hydrogen-bond donors (Lipinski definition) is 1. The van der Waals surface area contributed by atoms with Gasteiger partial charge in [0.15, 0.2) is 5.78 Å². The predicted molar refractivity (Wildman–Crippen MR) is 76.0 cm³/mol. The molecule has 20 heavy (non-hydrogen) atoms. The summed E-state index contributed by atoms with van der Waals surface area (Å²) in [5, 5.41) is 0. The first-order chi connectivity index (χ1) is 9.47. The number of hydrogen-bond acceptors (Lipinski definition) is 3. The third kappa shape index (κ3) is 2.94. The second kappa shape index (κ2) is 4.97. The first-order valence-corrected chi connectivity index (χ1v) is 8.59. The summed E-state index contributed by atoms with van der Waals surface area (Å²) in [4.78, 5) is 11.5. The Kier molecular flexibility index (Phi) is 3.42. The Morgan fingerprint density at radius 2 is 1.60 bits per heavy atom. The highest BCUT2D eigenvalue weighted by molar-refractivity contribution is 7.89. The predicted octanol–water partition coefficient (Wildman–Crippen LogP) is 2.36. The van der Waals surface area contributed by atoms with E-state index in [1.807, 2.05) is 0 Å². The third-order valence-electron chi connectivity index (χ3n) is 4.12. The van der Waals surface area contributed by atoms with E-state index in [1.54, 1.807) is 12.1 Å². The van der Waals surface area contributed by atoms with Gasteiger partial charge in [0.05, 0.1) is 4.90 Å². The minimum absolute atomic E-state index is 0.0595. The van der Waals surface area contributed by atoms with Gasteiger partial charge < -0.3 is 0 Å². The highest BCUT2D eigenvalue weighted by Gasteiger charge is 2.43. The molecule has 0 saturated heterocycles. The molecule has 0 spiro atoms.